The molecule has 0 aliphatic rings. The highest BCUT2D eigenvalue weighted by Gasteiger charge is 2.12. The molecule has 0 saturated carbocycles. The molecule has 3 N–H and O–H groups in total. The Hall–Kier alpha value is -3.73. The number of tetrazole rings is 1. The predicted molar refractivity (Wildman–Crippen MR) is 115 cm³/mol. The van der Waals surface area contributed by atoms with Gasteiger partial charge in [-0.3, -0.25) is 15.6 Å². The normalized spacial score (nSPS) is 10.2. The molecular weight excluding hydrogens is 406 g/mol. The number of para-hydroxylation sites is 1. The number of methoxy groups -OCH3 is 2. The van der Waals surface area contributed by atoms with Crippen LogP contribution in [0.2, 0.25) is 0 Å². The first-order chi connectivity index (χ1) is 14.5. The summed E-state index contributed by atoms with van der Waals surface area (Å²) in [5, 5.41) is 15.4. The average Bonchev–Trinajstić information content (AvgIpc) is 3.21. The van der Waals surface area contributed by atoms with Crippen molar-refractivity contribution in [3.05, 3.63) is 48.0 Å². The van der Waals surface area contributed by atoms with Crippen LogP contribution in [-0.4, -0.2) is 45.4 Å². The van der Waals surface area contributed by atoms with Gasteiger partial charge in [-0.05, 0) is 54.2 Å². The minimum absolute atomic E-state index is 0.139. The number of hydrogen-bond donors (Lipinski definition) is 3. The molecule has 10 nitrogen and oxygen atoms in total. The van der Waals surface area contributed by atoms with Crippen molar-refractivity contribution in [2.24, 2.45) is 0 Å². The van der Waals surface area contributed by atoms with Gasteiger partial charge in [0, 0.05) is 11.3 Å². The molecule has 0 bridgehead atoms. The van der Waals surface area contributed by atoms with Gasteiger partial charge in [0.25, 0.3) is 5.91 Å². The summed E-state index contributed by atoms with van der Waals surface area (Å²) >= 11 is 5.18. The molecule has 0 unspecified atom stereocenters. The summed E-state index contributed by atoms with van der Waals surface area (Å²) in [5.74, 6) is 1.10. The molecule has 1 amide bonds. The standard InChI is InChI=1S/C19H21N7O3S/c1-12-6-4-5-7-14(12)20-19(30)23-21-17(27)11-26-24-18(22-25-26)13-8-9-15(28-2)16(10-13)29-3/h4-10H,11H2,1-3H3,(H,21,27)(H2,20,23,30). The topological polar surface area (TPSA) is 115 Å². The number of nitrogens with one attached hydrogen (secondary N) is 3. The lowest BCUT2D eigenvalue weighted by molar-refractivity contribution is -0.122. The first-order valence-corrected chi connectivity index (χ1v) is 9.32. The molecule has 0 radical (unpaired) electrons. The van der Waals surface area contributed by atoms with Gasteiger partial charge in [-0.25, -0.2) is 0 Å². The summed E-state index contributed by atoms with van der Waals surface area (Å²) in [7, 11) is 3.10. The molecule has 3 rings (SSSR count). The summed E-state index contributed by atoms with van der Waals surface area (Å²) < 4.78 is 10.5. The van der Waals surface area contributed by atoms with Crippen LogP contribution in [-0.2, 0) is 11.3 Å². The molecule has 1 aromatic heterocycles. The molecule has 3 aromatic rings. The van der Waals surface area contributed by atoms with Gasteiger partial charge in [0.05, 0.1) is 14.2 Å². The number of nitrogens with zero attached hydrogens (tertiary/aromatic N) is 4. The van der Waals surface area contributed by atoms with E-state index in [0.717, 1.165) is 11.3 Å². The van der Waals surface area contributed by atoms with Crippen molar-refractivity contribution in [2.75, 3.05) is 19.5 Å². The van der Waals surface area contributed by atoms with Crippen LogP contribution in [0.15, 0.2) is 42.5 Å². The molecule has 0 atom stereocenters. The number of hydrazine groups is 1. The van der Waals surface area contributed by atoms with E-state index in [-0.39, 0.29) is 17.6 Å². The fourth-order valence-electron chi connectivity index (χ4n) is 2.56. The van der Waals surface area contributed by atoms with Gasteiger partial charge in [-0.1, -0.05) is 18.2 Å². The number of thiocarbonyl (C=S) groups is 1. The van der Waals surface area contributed by atoms with E-state index in [4.69, 9.17) is 21.7 Å². The monoisotopic (exact) mass is 427 g/mol. The Morgan fingerprint density at radius 1 is 1.10 bits per heavy atom. The second-order valence-electron chi connectivity index (χ2n) is 6.16. The van der Waals surface area contributed by atoms with Crippen LogP contribution >= 0.6 is 12.2 Å². The van der Waals surface area contributed by atoms with E-state index < -0.39 is 0 Å². The van der Waals surface area contributed by atoms with Gasteiger partial charge in [0.1, 0.15) is 6.54 Å². The van der Waals surface area contributed by atoms with Crippen molar-refractivity contribution in [3.63, 3.8) is 0 Å². The lowest BCUT2D eigenvalue weighted by Gasteiger charge is -2.12. The quantitative estimate of drug-likeness (QED) is 0.399. The lowest BCUT2D eigenvalue weighted by Crippen LogP contribution is -2.45. The van der Waals surface area contributed by atoms with E-state index in [1.54, 1.807) is 32.4 Å². The smallest absolute Gasteiger partial charge is 0.262 e. The van der Waals surface area contributed by atoms with E-state index in [1.165, 1.54) is 4.80 Å². The number of ether oxygens (including phenoxy) is 2. The van der Waals surface area contributed by atoms with E-state index in [2.05, 4.69) is 31.6 Å². The number of hydrogen-bond acceptors (Lipinski definition) is 7. The third-order valence-corrected chi connectivity index (χ3v) is 4.29. The number of anilines is 1. The van der Waals surface area contributed by atoms with E-state index in [1.807, 2.05) is 31.2 Å². The molecule has 2 aromatic carbocycles. The van der Waals surface area contributed by atoms with Crippen molar-refractivity contribution in [1.82, 2.24) is 31.1 Å². The Morgan fingerprint density at radius 2 is 1.87 bits per heavy atom. The Morgan fingerprint density at radius 3 is 2.60 bits per heavy atom. The molecule has 1 heterocycles. The third-order valence-electron chi connectivity index (χ3n) is 4.09. The molecule has 11 heteroatoms. The van der Waals surface area contributed by atoms with Crippen LogP contribution in [0.3, 0.4) is 0 Å². The van der Waals surface area contributed by atoms with Crippen LogP contribution < -0.4 is 25.6 Å². The van der Waals surface area contributed by atoms with E-state index in [0.29, 0.717) is 22.9 Å². The fraction of sp³-hybridized carbons (Fsp3) is 0.211. The van der Waals surface area contributed by atoms with Crippen LogP contribution in [0.5, 0.6) is 11.5 Å². The molecule has 0 aliphatic carbocycles. The third kappa shape index (κ3) is 5.20. The molecule has 0 saturated heterocycles. The summed E-state index contributed by atoms with van der Waals surface area (Å²) in [6.45, 7) is 1.82. The summed E-state index contributed by atoms with van der Waals surface area (Å²) in [4.78, 5) is 13.3. The number of aromatic nitrogens is 4. The molecule has 0 spiro atoms. The highest BCUT2D eigenvalue weighted by molar-refractivity contribution is 7.80. The van der Waals surface area contributed by atoms with Gasteiger partial charge in [0.2, 0.25) is 5.82 Å². The summed E-state index contributed by atoms with van der Waals surface area (Å²) in [6, 6.07) is 12.9. The Balaban J connectivity index is 1.55. The zero-order chi connectivity index (χ0) is 21.5. The SMILES string of the molecule is COc1ccc(-c2nnn(CC(=O)NNC(=S)Nc3ccccc3C)n2)cc1OC. The number of amides is 1. The van der Waals surface area contributed by atoms with E-state index in [9.17, 15) is 4.79 Å². The predicted octanol–water partition coefficient (Wildman–Crippen LogP) is 1.68. The largest absolute Gasteiger partial charge is 0.493 e. The van der Waals surface area contributed by atoms with Gasteiger partial charge >= 0.3 is 0 Å². The van der Waals surface area contributed by atoms with E-state index >= 15 is 0 Å². The maximum Gasteiger partial charge on any atom is 0.262 e. The van der Waals surface area contributed by atoms with Crippen LogP contribution in [0.25, 0.3) is 11.4 Å². The van der Waals surface area contributed by atoms with Crippen LogP contribution in [0.4, 0.5) is 5.69 Å². The number of carbonyl (C=O) groups is 1. The Labute approximate surface area is 178 Å². The number of carbonyl (C=O) groups excluding carboxylic acids is 1. The van der Waals surface area contributed by atoms with Crippen molar-refractivity contribution >= 4 is 28.9 Å². The van der Waals surface area contributed by atoms with Crippen molar-refractivity contribution in [3.8, 4) is 22.9 Å². The number of aryl methyl sites for hydroxylation is 1. The first-order valence-electron chi connectivity index (χ1n) is 8.92. The lowest BCUT2D eigenvalue weighted by atomic mass is 10.2. The van der Waals surface area contributed by atoms with Gasteiger partial charge < -0.3 is 14.8 Å². The summed E-state index contributed by atoms with van der Waals surface area (Å²) in [6.07, 6.45) is 0. The summed E-state index contributed by atoms with van der Waals surface area (Å²) in [5.41, 5.74) is 7.70. The van der Waals surface area contributed by atoms with Gasteiger partial charge in [0.15, 0.2) is 16.6 Å². The molecule has 156 valence electrons. The Kier molecular flexibility index (Phi) is 6.75. The zero-order valence-corrected chi connectivity index (χ0v) is 17.5. The van der Waals surface area contributed by atoms with Gasteiger partial charge in [-0.15, -0.1) is 10.2 Å². The minimum Gasteiger partial charge on any atom is -0.493 e. The number of rotatable bonds is 6. The second kappa shape index (κ2) is 9.65. The van der Waals surface area contributed by atoms with Crippen LogP contribution in [0, 0.1) is 6.92 Å². The van der Waals surface area contributed by atoms with Gasteiger partial charge in [-0.2, -0.15) is 4.80 Å². The minimum atomic E-state index is -0.389. The fourth-order valence-corrected chi connectivity index (χ4v) is 2.72. The molecule has 0 aliphatic heterocycles. The maximum absolute atomic E-state index is 12.1. The van der Waals surface area contributed by atoms with Crippen molar-refractivity contribution in [1.29, 1.82) is 0 Å². The molecule has 0 fully saturated rings. The highest BCUT2D eigenvalue weighted by Crippen LogP contribution is 2.30. The maximum atomic E-state index is 12.1. The van der Waals surface area contributed by atoms with Crippen molar-refractivity contribution < 1.29 is 14.3 Å². The average molecular weight is 427 g/mol. The zero-order valence-electron chi connectivity index (χ0n) is 16.7. The second-order valence-corrected chi connectivity index (χ2v) is 6.56. The van der Waals surface area contributed by atoms with Crippen LogP contribution in [0.1, 0.15) is 5.56 Å². The molecule has 30 heavy (non-hydrogen) atoms. The Bertz CT molecular complexity index is 1050. The first kappa shape index (κ1) is 21.0. The number of benzene rings is 2. The molecular formula is C19H21N7O3S. The highest BCUT2D eigenvalue weighted by atomic mass is 32.1. The van der Waals surface area contributed by atoms with Crippen molar-refractivity contribution in [2.45, 2.75) is 13.5 Å².